The third-order valence-corrected chi connectivity index (χ3v) is 2.25. The summed E-state index contributed by atoms with van der Waals surface area (Å²) in [6, 6.07) is 8.92. The van der Waals surface area contributed by atoms with Crippen LogP contribution in [0.15, 0.2) is 42.6 Å². The molecule has 0 bridgehead atoms. The number of benzene rings is 1. The van der Waals surface area contributed by atoms with Gasteiger partial charge in [-0.3, -0.25) is 0 Å². The van der Waals surface area contributed by atoms with Gasteiger partial charge in [-0.1, -0.05) is 12.1 Å². The molecule has 0 aliphatic carbocycles. The number of aromatic nitrogens is 1. The molecule has 1 aromatic heterocycles. The standard InChI is InChI=1S/C13H10FNO3/c14-10-3-1-2-9(6-10)8-18-11-4-5-12(13(16)17)15-7-11/h1-7H,8H2,(H,16,17). The highest BCUT2D eigenvalue weighted by Crippen LogP contribution is 2.12. The van der Waals surface area contributed by atoms with Gasteiger partial charge in [0.2, 0.25) is 0 Å². The smallest absolute Gasteiger partial charge is 0.354 e. The molecule has 0 aliphatic heterocycles. The van der Waals surface area contributed by atoms with E-state index >= 15 is 0 Å². The summed E-state index contributed by atoms with van der Waals surface area (Å²) in [5.74, 6) is -0.980. The molecule has 0 atom stereocenters. The Labute approximate surface area is 103 Å². The molecule has 0 saturated heterocycles. The number of rotatable bonds is 4. The molecule has 1 heterocycles. The fourth-order valence-corrected chi connectivity index (χ4v) is 1.39. The van der Waals surface area contributed by atoms with Gasteiger partial charge in [0.25, 0.3) is 0 Å². The molecule has 4 nitrogen and oxygen atoms in total. The fraction of sp³-hybridized carbons (Fsp3) is 0.0769. The molecule has 0 fully saturated rings. The lowest BCUT2D eigenvalue weighted by molar-refractivity contribution is 0.0690. The predicted molar refractivity (Wildman–Crippen MR) is 61.9 cm³/mol. The Kier molecular flexibility index (Phi) is 3.52. The number of ether oxygens (including phenoxy) is 1. The second-order valence-corrected chi connectivity index (χ2v) is 3.60. The maximum absolute atomic E-state index is 12.9. The predicted octanol–water partition coefficient (Wildman–Crippen LogP) is 2.50. The zero-order valence-electron chi connectivity index (χ0n) is 9.34. The Bertz CT molecular complexity index is 554. The van der Waals surface area contributed by atoms with Gasteiger partial charge < -0.3 is 9.84 Å². The number of carboxylic acid groups (broad SMARTS) is 1. The Morgan fingerprint density at radius 1 is 1.33 bits per heavy atom. The van der Waals surface area contributed by atoms with Crippen molar-refractivity contribution in [2.45, 2.75) is 6.61 Å². The molecular weight excluding hydrogens is 237 g/mol. The zero-order valence-corrected chi connectivity index (χ0v) is 9.34. The summed E-state index contributed by atoms with van der Waals surface area (Å²) in [5, 5.41) is 8.67. The van der Waals surface area contributed by atoms with Crippen molar-refractivity contribution < 1.29 is 19.0 Å². The van der Waals surface area contributed by atoms with Crippen LogP contribution in [-0.2, 0) is 6.61 Å². The first-order chi connectivity index (χ1) is 8.65. The lowest BCUT2D eigenvalue weighted by Crippen LogP contribution is -2.01. The molecular formula is C13H10FNO3. The zero-order chi connectivity index (χ0) is 13.0. The van der Waals surface area contributed by atoms with Crippen molar-refractivity contribution in [1.29, 1.82) is 0 Å². The lowest BCUT2D eigenvalue weighted by Gasteiger charge is -2.06. The van der Waals surface area contributed by atoms with Crippen LogP contribution in [0.5, 0.6) is 5.75 Å². The largest absolute Gasteiger partial charge is 0.487 e. The number of carboxylic acids is 1. The number of aromatic carboxylic acids is 1. The molecule has 5 heteroatoms. The van der Waals surface area contributed by atoms with Gasteiger partial charge in [-0.15, -0.1) is 0 Å². The van der Waals surface area contributed by atoms with Crippen LogP contribution in [0.2, 0.25) is 0 Å². The minimum Gasteiger partial charge on any atom is -0.487 e. The maximum atomic E-state index is 12.9. The highest BCUT2D eigenvalue weighted by atomic mass is 19.1. The minimum atomic E-state index is -1.09. The van der Waals surface area contributed by atoms with E-state index in [1.807, 2.05) is 0 Å². The third kappa shape index (κ3) is 3.04. The van der Waals surface area contributed by atoms with Gasteiger partial charge in [-0.2, -0.15) is 0 Å². The van der Waals surface area contributed by atoms with Crippen LogP contribution in [0, 0.1) is 5.82 Å². The van der Waals surface area contributed by atoms with Crippen LogP contribution in [0.25, 0.3) is 0 Å². The van der Waals surface area contributed by atoms with Gasteiger partial charge in [-0.05, 0) is 29.8 Å². The Hall–Kier alpha value is -2.43. The quantitative estimate of drug-likeness (QED) is 0.901. The molecule has 2 rings (SSSR count). The van der Waals surface area contributed by atoms with Crippen molar-refractivity contribution in [1.82, 2.24) is 4.98 Å². The Morgan fingerprint density at radius 3 is 2.78 bits per heavy atom. The van der Waals surface area contributed by atoms with Gasteiger partial charge in [-0.25, -0.2) is 14.2 Å². The number of hydrogen-bond donors (Lipinski definition) is 1. The van der Waals surface area contributed by atoms with E-state index in [2.05, 4.69) is 4.98 Å². The molecule has 0 amide bonds. The second-order valence-electron chi connectivity index (χ2n) is 3.60. The summed E-state index contributed by atoms with van der Waals surface area (Å²) in [6.45, 7) is 0.200. The van der Waals surface area contributed by atoms with Crippen molar-refractivity contribution in [3.8, 4) is 5.75 Å². The molecule has 0 spiro atoms. The second kappa shape index (κ2) is 5.27. The van der Waals surface area contributed by atoms with Gasteiger partial charge in [0.1, 0.15) is 23.9 Å². The van der Waals surface area contributed by atoms with Gasteiger partial charge in [0.15, 0.2) is 0 Å². The first-order valence-electron chi connectivity index (χ1n) is 5.22. The van der Waals surface area contributed by atoms with Gasteiger partial charge in [0.05, 0.1) is 6.20 Å². The highest BCUT2D eigenvalue weighted by Gasteiger charge is 2.04. The fourth-order valence-electron chi connectivity index (χ4n) is 1.39. The van der Waals surface area contributed by atoms with Crippen molar-refractivity contribution in [2.24, 2.45) is 0 Å². The number of pyridine rings is 1. The van der Waals surface area contributed by atoms with Crippen molar-refractivity contribution in [2.75, 3.05) is 0 Å². The van der Waals surface area contributed by atoms with E-state index < -0.39 is 5.97 Å². The van der Waals surface area contributed by atoms with Crippen molar-refractivity contribution in [3.05, 3.63) is 59.7 Å². The molecule has 1 N–H and O–H groups in total. The summed E-state index contributed by atoms with van der Waals surface area (Å²) in [4.78, 5) is 14.3. The Morgan fingerprint density at radius 2 is 2.17 bits per heavy atom. The van der Waals surface area contributed by atoms with Crippen LogP contribution >= 0.6 is 0 Å². The summed E-state index contributed by atoms with van der Waals surface area (Å²) >= 11 is 0. The third-order valence-electron chi connectivity index (χ3n) is 2.25. The van der Waals surface area contributed by atoms with E-state index in [4.69, 9.17) is 9.84 Å². The SMILES string of the molecule is O=C(O)c1ccc(OCc2cccc(F)c2)cn1. The van der Waals surface area contributed by atoms with E-state index in [0.717, 1.165) is 0 Å². The summed E-state index contributed by atoms with van der Waals surface area (Å²) in [6.07, 6.45) is 1.32. The number of hydrogen-bond acceptors (Lipinski definition) is 3. The lowest BCUT2D eigenvalue weighted by atomic mass is 10.2. The number of nitrogens with zero attached hydrogens (tertiary/aromatic N) is 1. The summed E-state index contributed by atoms with van der Waals surface area (Å²) in [5.41, 5.74) is 0.644. The maximum Gasteiger partial charge on any atom is 0.354 e. The summed E-state index contributed by atoms with van der Waals surface area (Å²) in [7, 11) is 0. The van der Waals surface area contributed by atoms with Crippen LogP contribution in [0.1, 0.15) is 16.1 Å². The average molecular weight is 247 g/mol. The topological polar surface area (TPSA) is 59.4 Å². The van der Waals surface area contributed by atoms with Crippen molar-refractivity contribution in [3.63, 3.8) is 0 Å². The molecule has 0 unspecified atom stereocenters. The van der Waals surface area contributed by atoms with E-state index in [1.54, 1.807) is 12.1 Å². The van der Waals surface area contributed by atoms with Crippen LogP contribution in [0.4, 0.5) is 4.39 Å². The number of halogens is 1. The van der Waals surface area contributed by atoms with E-state index in [1.165, 1.54) is 30.5 Å². The first-order valence-corrected chi connectivity index (χ1v) is 5.22. The Balaban J connectivity index is 2.00. The van der Waals surface area contributed by atoms with Crippen LogP contribution < -0.4 is 4.74 Å². The minimum absolute atomic E-state index is 0.0481. The first kappa shape index (κ1) is 12.0. The van der Waals surface area contributed by atoms with E-state index in [-0.39, 0.29) is 18.1 Å². The molecule has 0 aliphatic rings. The summed E-state index contributed by atoms with van der Waals surface area (Å²) < 4.78 is 18.3. The van der Waals surface area contributed by atoms with Crippen LogP contribution in [0.3, 0.4) is 0 Å². The van der Waals surface area contributed by atoms with Crippen molar-refractivity contribution >= 4 is 5.97 Å². The highest BCUT2D eigenvalue weighted by molar-refractivity contribution is 5.85. The van der Waals surface area contributed by atoms with E-state index in [9.17, 15) is 9.18 Å². The van der Waals surface area contributed by atoms with E-state index in [0.29, 0.717) is 11.3 Å². The molecule has 0 saturated carbocycles. The molecule has 2 aromatic rings. The molecule has 18 heavy (non-hydrogen) atoms. The van der Waals surface area contributed by atoms with Gasteiger partial charge in [0, 0.05) is 0 Å². The van der Waals surface area contributed by atoms with Crippen LogP contribution in [-0.4, -0.2) is 16.1 Å². The van der Waals surface area contributed by atoms with Gasteiger partial charge >= 0.3 is 5.97 Å². The average Bonchev–Trinajstić information content (AvgIpc) is 2.37. The monoisotopic (exact) mass is 247 g/mol. The normalized spacial score (nSPS) is 10.1. The molecule has 1 aromatic carbocycles. The number of carbonyl (C=O) groups is 1. The molecule has 0 radical (unpaired) electrons. The molecule has 92 valence electrons.